The van der Waals surface area contributed by atoms with Crippen LogP contribution in [0.5, 0.6) is 0 Å². The molecule has 7 heteroatoms. The molecule has 1 fully saturated rings. The molecule has 2 heterocycles. The Morgan fingerprint density at radius 3 is 2.67 bits per heavy atom. The third kappa shape index (κ3) is 3.36. The summed E-state index contributed by atoms with van der Waals surface area (Å²) < 4.78 is 0. The third-order valence-corrected chi connectivity index (χ3v) is 4.82. The third-order valence-electron chi connectivity index (χ3n) is 4.82. The van der Waals surface area contributed by atoms with Crippen LogP contribution >= 0.6 is 0 Å². The standard InChI is InChI=1S/C20H20N4O3/c1-12(25)21-14-4-2-5-15(11-14)22-19(26)13-7-8-17-16(10-13)23-20(27)18-6-3-9-24(17)18/h2,4-5,7-8,10-11,18H,3,6,9H2,1H3,(H,21,25)(H,22,26)(H,23,27)/t18-/m0/s1. The molecule has 0 aliphatic carbocycles. The van der Waals surface area contributed by atoms with Gasteiger partial charge in [0.15, 0.2) is 0 Å². The van der Waals surface area contributed by atoms with Gasteiger partial charge in [0.25, 0.3) is 5.91 Å². The normalized spacial score (nSPS) is 17.6. The molecule has 27 heavy (non-hydrogen) atoms. The Balaban J connectivity index is 1.54. The van der Waals surface area contributed by atoms with Crippen molar-refractivity contribution < 1.29 is 14.4 Å². The van der Waals surface area contributed by atoms with Crippen LogP contribution < -0.4 is 20.9 Å². The predicted octanol–water partition coefficient (Wildman–Crippen LogP) is 2.82. The second-order valence-corrected chi connectivity index (χ2v) is 6.79. The van der Waals surface area contributed by atoms with Gasteiger partial charge in [0, 0.05) is 30.4 Å². The highest BCUT2D eigenvalue weighted by Gasteiger charge is 2.36. The van der Waals surface area contributed by atoms with Crippen molar-refractivity contribution in [2.24, 2.45) is 0 Å². The molecule has 1 saturated heterocycles. The number of benzene rings is 2. The van der Waals surface area contributed by atoms with E-state index >= 15 is 0 Å². The number of hydrogen-bond acceptors (Lipinski definition) is 4. The maximum atomic E-state index is 12.6. The highest BCUT2D eigenvalue weighted by Crippen LogP contribution is 2.37. The molecule has 1 atom stereocenters. The summed E-state index contributed by atoms with van der Waals surface area (Å²) in [6.45, 7) is 2.28. The summed E-state index contributed by atoms with van der Waals surface area (Å²) in [6, 6.07) is 12.2. The first-order valence-corrected chi connectivity index (χ1v) is 8.92. The summed E-state index contributed by atoms with van der Waals surface area (Å²) in [5.74, 6) is -0.472. The lowest BCUT2D eigenvalue weighted by Gasteiger charge is -2.33. The van der Waals surface area contributed by atoms with Gasteiger partial charge in [-0.15, -0.1) is 0 Å². The molecule has 0 spiro atoms. The molecule has 2 aliphatic heterocycles. The van der Waals surface area contributed by atoms with E-state index in [-0.39, 0.29) is 23.8 Å². The number of nitrogens with zero attached hydrogens (tertiary/aromatic N) is 1. The Morgan fingerprint density at radius 2 is 1.89 bits per heavy atom. The van der Waals surface area contributed by atoms with E-state index in [2.05, 4.69) is 20.9 Å². The smallest absolute Gasteiger partial charge is 0.255 e. The van der Waals surface area contributed by atoms with Crippen molar-refractivity contribution in [2.45, 2.75) is 25.8 Å². The van der Waals surface area contributed by atoms with Gasteiger partial charge < -0.3 is 20.9 Å². The molecule has 0 unspecified atom stereocenters. The van der Waals surface area contributed by atoms with E-state index in [4.69, 9.17) is 0 Å². The SMILES string of the molecule is CC(=O)Nc1cccc(NC(=O)c2ccc3c(c2)NC(=O)[C@@H]2CCCN32)c1. The molecule has 3 N–H and O–H groups in total. The van der Waals surface area contributed by atoms with Gasteiger partial charge in [-0.25, -0.2) is 0 Å². The number of fused-ring (bicyclic) bond motifs is 3. The molecule has 3 amide bonds. The number of nitrogens with one attached hydrogen (secondary N) is 3. The Labute approximate surface area is 156 Å². The molecule has 0 saturated carbocycles. The Morgan fingerprint density at radius 1 is 1.11 bits per heavy atom. The largest absolute Gasteiger partial charge is 0.358 e. The second kappa shape index (κ2) is 6.75. The van der Waals surface area contributed by atoms with Crippen molar-refractivity contribution in [3.8, 4) is 0 Å². The number of hydrogen-bond donors (Lipinski definition) is 3. The fourth-order valence-electron chi connectivity index (χ4n) is 3.65. The lowest BCUT2D eigenvalue weighted by atomic mass is 10.1. The average Bonchev–Trinajstić information content (AvgIpc) is 3.12. The monoisotopic (exact) mass is 364 g/mol. The van der Waals surface area contributed by atoms with Crippen LogP contribution in [0.4, 0.5) is 22.7 Å². The molecule has 0 bridgehead atoms. The molecule has 2 aromatic carbocycles. The van der Waals surface area contributed by atoms with Crippen LogP contribution in [0, 0.1) is 0 Å². The summed E-state index contributed by atoms with van der Waals surface area (Å²) in [5.41, 5.74) is 3.27. The van der Waals surface area contributed by atoms with Crippen LogP contribution in [-0.4, -0.2) is 30.3 Å². The van der Waals surface area contributed by atoms with Crippen LogP contribution in [0.15, 0.2) is 42.5 Å². The molecule has 0 aromatic heterocycles. The second-order valence-electron chi connectivity index (χ2n) is 6.79. The first-order valence-electron chi connectivity index (χ1n) is 8.92. The highest BCUT2D eigenvalue weighted by atomic mass is 16.2. The van der Waals surface area contributed by atoms with Crippen LogP contribution in [0.2, 0.25) is 0 Å². The van der Waals surface area contributed by atoms with E-state index in [1.807, 2.05) is 6.07 Å². The van der Waals surface area contributed by atoms with E-state index in [9.17, 15) is 14.4 Å². The van der Waals surface area contributed by atoms with Gasteiger partial charge in [0.05, 0.1) is 11.4 Å². The maximum absolute atomic E-state index is 12.6. The first-order chi connectivity index (χ1) is 13.0. The Bertz CT molecular complexity index is 941. The van der Waals surface area contributed by atoms with Crippen molar-refractivity contribution in [3.05, 3.63) is 48.0 Å². The van der Waals surface area contributed by atoms with Crippen molar-refractivity contribution >= 4 is 40.5 Å². The van der Waals surface area contributed by atoms with Crippen molar-refractivity contribution in [1.82, 2.24) is 0 Å². The quantitative estimate of drug-likeness (QED) is 0.781. The molecule has 2 aromatic rings. The van der Waals surface area contributed by atoms with Crippen molar-refractivity contribution in [1.29, 1.82) is 0 Å². The molecular weight excluding hydrogens is 344 g/mol. The molecule has 0 radical (unpaired) electrons. The van der Waals surface area contributed by atoms with Gasteiger partial charge in [-0.3, -0.25) is 14.4 Å². The van der Waals surface area contributed by atoms with Gasteiger partial charge in [0.2, 0.25) is 11.8 Å². The first kappa shape index (κ1) is 17.1. The number of carbonyl (C=O) groups is 3. The zero-order valence-corrected chi connectivity index (χ0v) is 14.9. The van der Waals surface area contributed by atoms with Gasteiger partial charge in [0.1, 0.15) is 6.04 Å². The van der Waals surface area contributed by atoms with E-state index in [1.165, 1.54) is 6.92 Å². The van der Waals surface area contributed by atoms with Crippen molar-refractivity contribution in [2.75, 3.05) is 27.4 Å². The Kier molecular flexibility index (Phi) is 4.27. The number of rotatable bonds is 3. The summed E-state index contributed by atoms with van der Waals surface area (Å²) in [5, 5.41) is 8.41. The van der Waals surface area contributed by atoms with E-state index < -0.39 is 0 Å². The minimum Gasteiger partial charge on any atom is -0.358 e. The maximum Gasteiger partial charge on any atom is 0.255 e. The summed E-state index contributed by atoms with van der Waals surface area (Å²) in [7, 11) is 0. The van der Waals surface area contributed by atoms with Gasteiger partial charge in [-0.2, -0.15) is 0 Å². The van der Waals surface area contributed by atoms with Crippen LogP contribution in [0.3, 0.4) is 0 Å². The molecule has 2 aliphatic rings. The molecular formula is C20H20N4O3. The lowest BCUT2D eigenvalue weighted by Crippen LogP contribution is -2.43. The summed E-state index contributed by atoms with van der Waals surface area (Å²) >= 11 is 0. The predicted molar refractivity (Wildman–Crippen MR) is 104 cm³/mol. The number of carbonyl (C=O) groups excluding carboxylic acids is 3. The summed E-state index contributed by atoms with van der Waals surface area (Å²) in [6.07, 6.45) is 1.85. The fourth-order valence-corrected chi connectivity index (χ4v) is 3.65. The van der Waals surface area contributed by atoms with E-state index in [1.54, 1.807) is 36.4 Å². The van der Waals surface area contributed by atoms with Crippen LogP contribution in [0.25, 0.3) is 0 Å². The van der Waals surface area contributed by atoms with Gasteiger partial charge in [-0.05, 0) is 49.2 Å². The highest BCUT2D eigenvalue weighted by molar-refractivity contribution is 6.09. The lowest BCUT2D eigenvalue weighted by molar-refractivity contribution is -0.117. The minimum atomic E-state index is -0.282. The molecule has 4 rings (SSSR count). The van der Waals surface area contributed by atoms with Gasteiger partial charge in [-0.1, -0.05) is 6.07 Å². The summed E-state index contributed by atoms with van der Waals surface area (Å²) in [4.78, 5) is 38.1. The van der Waals surface area contributed by atoms with Crippen molar-refractivity contribution in [3.63, 3.8) is 0 Å². The number of anilines is 4. The topological polar surface area (TPSA) is 90.5 Å². The van der Waals surface area contributed by atoms with Crippen LogP contribution in [0.1, 0.15) is 30.1 Å². The fraction of sp³-hybridized carbons (Fsp3) is 0.250. The minimum absolute atomic E-state index is 0.0134. The molecule has 7 nitrogen and oxygen atoms in total. The van der Waals surface area contributed by atoms with Crippen LogP contribution in [-0.2, 0) is 9.59 Å². The average molecular weight is 364 g/mol. The molecule has 138 valence electrons. The van der Waals surface area contributed by atoms with Gasteiger partial charge >= 0.3 is 0 Å². The van der Waals surface area contributed by atoms with E-state index in [0.29, 0.717) is 22.6 Å². The zero-order valence-electron chi connectivity index (χ0n) is 14.9. The number of amides is 3. The zero-order chi connectivity index (χ0) is 19.0. The van der Waals surface area contributed by atoms with E-state index in [0.717, 1.165) is 25.1 Å². The Hall–Kier alpha value is -3.35.